The van der Waals surface area contributed by atoms with Gasteiger partial charge in [0.25, 0.3) is 11.7 Å². The Morgan fingerprint density at radius 3 is 2.12 bits per heavy atom. The Hall–Kier alpha value is -3.75. The van der Waals surface area contributed by atoms with Gasteiger partial charge >= 0.3 is 0 Å². The van der Waals surface area contributed by atoms with E-state index in [9.17, 15) is 19.1 Å². The van der Waals surface area contributed by atoms with E-state index in [1.54, 1.807) is 12.1 Å². The van der Waals surface area contributed by atoms with Gasteiger partial charge in [0.1, 0.15) is 16.6 Å². The van der Waals surface area contributed by atoms with Crippen LogP contribution in [0.25, 0.3) is 5.76 Å². The van der Waals surface area contributed by atoms with Crippen LogP contribution in [-0.4, -0.2) is 49.0 Å². The fourth-order valence-corrected chi connectivity index (χ4v) is 5.61. The summed E-state index contributed by atoms with van der Waals surface area (Å²) in [5.74, 6) is -2.45. The molecule has 1 aliphatic heterocycles. The Kier molecular flexibility index (Phi) is 8.91. The molecular weight excluding hydrogens is 558 g/mol. The molecule has 1 saturated heterocycles. The van der Waals surface area contributed by atoms with Crippen LogP contribution in [0.2, 0.25) is 10.0 Å². The number of hydrogen-bond acceptors (Lipinski definition) is 6. The van der Waals surface area contributed by atoms with Gasteiger partial charge in [-0.15, -0.1) is 0 Å². The zero-order valence-electron chi connectivity index (χ0n) is 22.5. The minimum Gasteiger partial charge on any atom is -0.507 e. The molecule has 1 heterocycles. The molecule has 1 unspecified atom stereocenters. The number of nitrogens with zero attached hydrogens (tertiary/aromatic N) is 2. The zero-order valence-corrected chi connectivity index (χ0v) is 24.0. The number of aliphatic hydroxyl groups excluding tert-OH is 1. The highest BCUT2D eigenvalue weighted by Gasteiger charge is 2.46. The van der Waals surface area contributed by atoms with Gasteiger partial charge in [-0.3, -0.25) is 9.59 Å². The standard InChI is InChI=1S/C30H29Cl2FN2O5/c1-5-34(6-2)20-13-9-18(10-14-20)25-23(26(36)21-15-22(31)29(40-4)24(32)28(21)39-3)27(37)30(38)35(25)16-17-7-11-19(33)12-8-17/h7-15,25,36H,5-6,16H2,1-4H3/b26-23+. The lowest BCUT2D eigenvalue weighted by Gasteiger charge is -2.27. The van der Waals surface area contributed by atoms with E-state index in [0.717, 1.165) is 18.8 Å². The highest BCUT2D eigenvalue weighted by Crippen LogP contribution is 2.47. The van der Waals surface area contributed by atoms with Gasteiger partial charge in [-0.05, 0) is 55.3 Å². The molecule has 1 fully saturated rings. The van der Waals surface area contributed by atoms with Crippen molar-refractivity contribution >= 4 is 46.3 Å². The van der Waals surface area contributed by atoms with Gasteiger partial charge in [0.15, 0.2) is 11.5 Å². The monoisotopic (exact) mass is 586 g/mol. The topological polar surface area (TPSA) is 79.3 Å². The van der Waals surface area contributed by atoms with E-state index in [1.165, 1.54) is 37.3 Å². The summed E-state index contributed by atoms with van der Waals surface area (Å²) in [5.41, 5.74) is 2.06. The summed E-state index contributed by atoms with van der Waals surface area (Å²) < 4.78 is 24.3. The van der Waals surface area contributed by atoms with Crippen molar-refractivity contribution in [3.8, 4) is 11.5 Å². The third-order valence-electron chi connectivity index (χ3n) is 6.94. The molecule has 0 spiro atoms. The molecule has 4 rings (SSSR count). The molecule has 0 aromatic heterocycles. The summed E-state index contributed by atoms with van der Waals surface area (Å²) in [6.45, 7) is 5.71. The number of carbonyl (C=O) groups is 2. The van der Waals surface area contributed by atoms with Crippen LogP contribution in [0, 0.1) is 5.82 Å². The summed E-state index contributed by atoms with van der Waals surface area (Å²) in [5, 5.41) is 11.7. The molecule has 40 heavy (non-hydrogen) atoms. The van der Waals surface area contributed by atoms with Gasteiger partial charge in [0.05, 0.1) is 36.4 Å². The van der Waals surface area contributed by atoms with Crippen LogP contribution in [0.3, 0.4) is 0 Å². The number of anilines is 1. The van der Waals surface area contributed by atoms with Crippen LogP contribution >= 0.6 is 23.2 Å². The van der Waals surface area contributed by atoms with Crippen molar-refractivity contribution in [2.45, 2.75) is 26.4 Å². The van der Waals surface area contributed by atoms with Crippen molar-refractivity contribution < 1.29 is 28.6 Å². The fourth-order valence-electron chi connectivity index (χ4n) is 4.92. The van der Waals surface area contributed by atoms with Crippen LogP contribution in [0.4, 0.5) is 10.1 Å². The normalized spacial score (nSPS) is 16.4. The molecule has 210 valence electrons. The number of likely N-dealkylation sites (tertiary alicyclic amines) is 1. The number of hydrogen-bond donors (Lipinski definition) is 1. The van der Waals surface area contributed by atoms with Crippen molar-refractivity contribution in [3.05, 3.63) is 92.7 Å². The van der Waals surface area contributed by atoms with E-state index in [2.05, 4.69) is 4.90 Å². The number of halogens is 3. The van der Waals surface area contributed by atoms with Gasteiger partial charge in [0.2, 0.25) is 0 Å². The molecule has 0 aliphatic carbocycles. The number of aliphatic hydroxyl groups is 1. The summed E-state index contributed by atoms with van der Waals surface area (Å²) >= 11 is 12.8. The number of amides is 1. The molecule has 0 saturated carbocycles. The van der Waals surface area contributed by atoms with Gasteiger partial charge < -0.3 is 24.4 Å². The van der Waals surface area contributed by atoms with Crippen LogP contribution in [0.15, 0.2) is 60.2 Å². The number of Topliss-reactive ketones (excluding diaryl/α,β-unsaturated/α-hetero) is 1. The predicted octanol–water partition coefficient (Wildman–Crippen LogP) is 6.62. The summed E-state index contributed by atoms with van der Waals surface area (Å²) in [4.78, 5) is 30.4. The van der Waals surface area contributed by atoms with E-state index in [0.29, 0.717) is 11.1 Å². The van der Waals surface area contributed by atoms with E-state index in [1.807, 2.05) is 38.1 Å². The lowest BCUT2D eigenvalue weighted by Crippen LogP contribution is -2.29. The fraction of sp³-hybridized carbons (Fsp3) is 0.267. The molecule has 0 radical (unpaired) electrons. The first-order valence-electron chi connectivity index (χ1n) is 12.6. The highest BCUT2D eigenvalue weighted by atomic mass is 35.5. The van der Waals surface area contributed by atoms with Crippen LogP contribution in [0.5, 0.6) is 11.5 Å². The van der Waals surface area contributed by atoms with Crippen molar-refractivity contribution in [3.63, 3.8) is 0 Å². The zero-order chi connectivity index (χ0) is 29.1. The number of carbonyl (C=O) groups excluding carboxylic acids is 2. The maximum absolute atomic E-state index is 13.6. The highest BCUT2D eigenvalue weighted by molar-refractivity contribution is 6.47. The van der Waals surface area contributed by atoms with E-state index in [-0.39, 0.29) is 39.2 Å². The lowest BCUT2D eigenvalue weighted by molar-refractivity contribution is -0.140. The first-order chi connectivity index (χ1) is 19.2. The first kappa shape index (κ1) is 29.2. The van der Waals surface area contributed by atoms with Gasteiger partial charge in [-0.1, -0.05) is 47.5 Å². The van der Waals surface area contributed by atoms with Gasteiger partial charge in [0, 0.05) is 25.3 Å². The Morgan fingerprint density at radius 1 is 0.975 bits per heavy atom. The second-order valence-electron chi connectivity index (χ2n) is 9.10. The van der Waals surface area contributed by atoms with E-state index >= 15 is 0 Å². The maximum atomic E-state index is 13.6. The smallest absolute Gasteiger partial charge is 0.295 e. The number of methoxy groups -OCH3 is 2. The molecule has 10 heteroatoms. The second kappa shape index (κ2) is 12.2. The van der Waals surface area contributed by atoms with Crippen molar-refractivity contribution in [1.29, 1.82) is 0 Å². The average Bonchev–Trinajstić information content (AvgIpc) is 3.19. The van der Waals surface area contributed by atoms with Crippen LogP contribution < -0.4 is 14.4 Å². The second-order valence-corrected chi connectivity index (χ2v) is 9.89. The van der Waals surface area contributed by atoms with E-state index < -0.39 is 29.3 Å². The Morgan fingerprint density at radius 2 is 1.57 bits per heavy atom. The Balaban J connectivity index is 1.92. The summed E-state index contributed by atoms with van der Waals surface area (Å²) in [6.07, 6.45) is 0. The maximum Gasteiger partial charge on any atom is 0.295 e. The minimum absolute atomic E-state index is 0.000263. The largest absolute Gasteiger partial charge is 0.507 e. The molecular formula is C30H29Cl2FN2O5. The first-order valence-corrected chi connectivity index (χ1v) is 13.4. The Labute approximate surface area is 242 Å². The molecule has 1 N–H and O–H groups in total. The molecule has 1 amide bonds. The molecule has 3 aromatic rings. The molecule has 7 nitrogen and oxygen atoms in total. The quantitative estimate of drug-likeness (QED) is 0.172. The average molecular weight is 587 g/mol. The van der Waals surface area contributed by atoms with Crippen molar-refractivity contribution in [2.24, 2.45) is 0 Å². The molecule has 1 aliphatic rings. The van der Waals surface area contributed by atoms with Gasteiger partial charge in [-0.2, -0.15) is 0 Å². The van der Waals surface area contributed by atoms with Crippen LogP contribution in [0.1, 0.15) is 36.6 Å². The molecule has 3 aromatic carbocycles. The number of benzene rings is 3. The third-order valence-corrected chi connectivity index (χ3v) is 7.56. The summed E-state index contributed by atoms with van der Waals surface area (Å²) in [6, 6.07) is 13.5. The Bertz CT molecular complexity index is 1450. The predicted molar refractivity (Wildman–Crippen MR) is 154 cm³/mol. The van der Waals surface area contributed by atoms with E-state index in [4.69, 9.17) is 32.7 Å². The number of ketones is 1. The minimum atomic E-state index is -0.958. The van der Waals surface area contributed by atoms with Gasteiger partial charge in [-0.25, -0.2) is 4.39 Å². The molecule has 1 atom stereocenters. The third kappa shape index (κ3) is 5.33. The summed E-state index contributed by atoms with van der Waals surface area (Å²) in [7, 11) is 2.73. The van der Waals surface area contributed by atoms with Crippen molar-refractivity contribution in [2.75, 3.05) is 32.2 Å². The van der Waals surface area contributed by atoms with Crippen molar-refractivity contribution in [1.82, 2.24) is 4.90 Å². The van der Waals surface area contributed by atoms with Crippen LogP contribution in [-0.2, 0) is 16.1 Å². The molecule has 0 bridgehead atoms. The number of ether oxygens (including phenoxy) is 2. The SMILES string of the molecule is CCN(CC)c1ccc(C2/C(=C(\O)c3cc(Cl)c(OC)c(Cl)c3OC)C(=O)C(=O)N2Cc2ccc(F)cc2)cc1. The number of rotatable bonds is 9. The lowest BCUT2D eigenvalue weighted by atomic mass is 9.94.